The molecule has 3 nitrogen and oxygen atoms in total. The summed E-state index contributed by atoms with van der Waals surface area (Å²) < 4.78 is 0. The van der Waals surface area contributed by atoms with Crippen LogP contribution in [-0.4, -0.2) is 41.8 Å². The van der Waals surface area contributed by atoms with Gasteiger partial charge in [-0.3, -0.25) is 0 Å². The lowest BCUT2D eigenvalue weighted by Crippen LogP contribution is -2.42. The third kappa shape index (κ3) is 8.91. The Labute approximate surface area is 262 Å². The summed E-state index contributed by atoms with van der Waals surface area (Å²) in [6.45, 7) is 22.0. The van der Waals surface area contributed by atoms with Crippen LogP contribution in [0.15, 0.2) is 55.1 Å². The molecular formula is C40H56N2O. The number of hydrogen-bond donors (Lipinski definition) is 2. The molecular weight excluding hydrogens is 524 g/mol. The lowest BCUT2D eigenvalue weighted by molar-refractivity contribution is 0.187. The molecule has 0 unspecified atom stereocenters. The number of nitrogens with zero attached hydrogens (tertiary/aromatic N) is 1. The highest BCUT2D eigenvalue weighted by molar-refractivity contribution is 5.72. The molecule has 43 heavy (non-hydrogen) atoms. The van der Waals surface area contributed by atoms with E-state index in [4.69, 9.17) is 0 Å². The molecule has 2 N–H and O–H groups in total. The maximum absolute atomic E-state index is 9.63. The zero-order valence-electron chi connectivity index (χ0n) is 27.9. The van der Waals surface area contributed by atoms with E-state index in [0.717, 1.165) is 25.2 Å². The van der Waals surface area contributed by atoms with E-state index in [1.165, 1.54) is 101 Å². The zero-order chi connectivity index (χ0) is 31.0. The Morgan fingerprint density at radius 3 is 2.07 bits per heavy atom. The first-order valence-electron chi connectivity index (χ1n) is 16.6. The number of hydrogen-bond acceptors (Lipinski definition) is 3. The minimum atomic E-state index is -0.308. The van der Waals surface area contributed by atoms with E-state index in [0.29, 0.717) is 6.54 Å². The summed E-state index contributed by atoms with van der Waals surface area (Å²) in [5, 5.41) is 13.1. The Morgan fingerprint density at radius 1 is 0.860 bits per heavy atom. The minimum absolute atomic E-state index is 0.105. The number of aliphatic hydroxyl groups excluding tert-OH is 1. The third-order valence-corrected chi connectivity index (χ3v) is 9.86. The monoisotopic (exact) mass is 580 g/mol. The second-order valence-electron chi connectivity index (χ2n) is 13.7. The second kappa shape index (κ2) is 15.3. The summed E-state index contributed by atoms with van der Waals surface area (Å²) in [6, 6.07) is 18.4. The molecule has 3 aromatic rings. The van der Waals surface area contributed by atoms with E-state index in [-0.39, 0.29) is 12.1 Å². The van der Waals surface area contributed by atoms with Crippen molar-refractivity contribution >= 4 is 6.08 Å². The van der Waals surface area contributed by atoms with Crippen molar-refractivity contribution in [2.24, 2.45) is 5.92 Å². The lowest BCUT2D eigenvalue weighted by Gasteiger charge is -2.30. The van der Waals surface area contributed by atoms with Crippen LogP contribution < -0.4 is 5.32 Å². The maximum atomic E-state index is 9.63. The van der Waals surface area contributed by atoms with Gasteiger partial charge in [-0.15, -0.1) is 0 Å². The quantitative estimate of drug-likeness (QED) is 0.187. The Balaban J connectivity index is 1.42. The topological polar surface area (TPSA) is 35.5 Å². The average molecular weight is 581 g/mol. The summed E-state index contributed by atoms with van der Waals surface area (Å²) in [6.07, 6.45) is 10.4. The van der Waals surface area contributed by atoms with Crippen molar-refractivity contribution < 1.29 is 5.11 Å². The Bertz CT molecular complexity index is 1360. The van der Waals surface area contributed by atoms with Crippen molar-refractivity contribution in [1.82, 2.24) is 10.2 Å². The van der Waals surface area contributed by atoms with E-state index < -0.39 is 0 Å². The first-order valence-corrected chi connectivity index (χ1v) is 16.6. The molecule has 4 rings (SSSR count). The van der Waals surface area contributed by atoms with Crippen molar-refractivity contribution in [3.05, 3.63) is 99.6 Å². The highest BCUT2D eigenvalue weighted by atomic mass is 16.3. The average Bonchev–Trinajstić information content (AvgIpc) is 3.00. The molecule has 0 amide bonds. The summed E-state index contributed by atoms with van der Waals surface area (Å²) in [4.78, 5) is 2.67. The fraction of sp³-hybridized carbons (Fsp3) is 0.500. The van der Waals surface area contributed by atoms with Crippen LogP contribution in [0.1, 0.15) is 91.0 Å². The van der Waals surface area contributed by atoms with Gasteiger partial charge in [-0.1, -0.05) is 68.1 Å². The largest absolute Gasteiger partial charge is 0.394 e. The van der Waals surface area contributed by atoms with Crippen molar-refractivity contribution in [3.8, 4) is 11.1 Å². The smallest absolute Gasteiger partial charge is 0.0607 e. The molecule has 0 spiro atoms. The molecule has 1 aliphatic heterocycles. The molecule has 0 radical (unpaired) electrons. The first-order chi connectivity index (χ1) is 20.6. The van der Waals surface area contributed by atoms with Gasteiger partial charge in [0.05, 0.1) is 6.61 Å². The molecule has 0 atom stereocenters. The van der Waals surface area contributed by atoms with E-state index in [1.54, 1.807) is 0 Å². The van der Waals surface area contributed by atoms with Crippen LogP contribution in [0.3, 0.4) is 0 Å². The molecule has 1 fully saturated rings. The number of aryl methyl sites for hydroxylation is 4. The van der Waals surface area contributed by atoms with Crippen molar-refractivity contribution in [3.63, 3.8) is 0 Å². The van der Waals surface area contributed by atoms with Crippen LogP contribution >= 0.6 is 0 Å². The predicted octanol–water partition coefficient (Wildman–Crippen LogP) is 8.62. The number of unbranched alkanes of at least 4 members (excludes halogenated alkanes) is 1. The van der Waals surface area contributed by atoms with Gasteiger partial charge in [0.1, 0.15) is 0 Å². The van der Waals surface area contributed by atoms with Crippen molar-refractivity contribution in [2.45, 2.75) is 98.6 Å². The van der Waals surface area contributed by atoms with Gasteiger partial charge in [-0.2, -0.15) is 0 Å². The molecule has 0 aliphatic carbocycles. The molecule has 232 valence electrons. The molecule has 0 saturated carbocycles. The summed E-state index contributed by atoms with van der Waals surface area (Å²) in [5.74, 6) is 0.906. The molecule has 0 aromatic heterocycles. The van der Waals surface area contributed by atoms with Gasteiger partial charge in [-0.25, -0.2) is 0 Å². The Hall–Kier alpha value is -2.72. The van der Waals surface area contributed by atoms with Crippen LogP contribution in [0.2, 0.25) is 0 Å². The van der Waals surface area contributed by atoms with E-state index in [1.807, 2.05) is 19.9 Å². The molecule has 1 saturated heterocycles. The van der Waals surface area contributed by atoms with E-state index >= 15 is 0 Å². The number of aliphatic hydroxyl groups is 1. The fourth-order valence-corrected chi connectivity index (χ4v) is 6.53. The number of nitrogens with one attached hydrogen (secondary N) is 1. The number of benzene rings is 3. The fourth-order valence-electron chi connectivity index (χ4n) is 6.53. The van der Waals surface area contributed by atoms with Crippen LogP contribution in [-0.2, 0) is 25.8 Å². The number of piperidine rings is 1. The molecule has 3 heteroatoms. The molecule has 3 aromatic carbocycles. The number of likely N-dealkylation sites (tertiary alicyclic amines) is 1. The second-order valence-corrected chi connectivity index (χ2v) is 13.7. The van der Waals surface area contributed by atoms with Crippen molar-refractivity contribution in [1.29, 1.82) is 0 Å². The third-order valence-electron chi connectivity index (χ3n) is 9.86. The van der Waals surface area contributed by atoms with Crippen LogP contribution in [0.25, 0.3) is 17.2 Å². The highest BCUT2D eigenvalue weighted by Gasteiger charge is 2.17. The predicted molar refractivity (Wildman–Crippen MR) is 186 cm³/mol. The van der Waals surface area contributed by atoms with Crippen LogP contribution in [0.4, 0.5) is 0 Å². The van der Waals surface area contributed by atoms with Crippen molar-refractivity contribution in [2.75, 3.05) is 26.2 Å². The van der Waals surface area contributed by atoms with Gasteiger partial charge < -0.3 is 15.3 Å². The Kier molecular flexibility index (Phi) is 11.8. The highest BCUT2D eigenvalue weighted by Crippen LogP contribution is 2.32. The molecule has 0 bridgehead atoms. The van der Waals surface area contributed by atoms with Gasteiger partial charge in [-0.05, 0) is 161 Å². The van der Waals surface area contributed by atoms with Gasteiger partial charge in [0.25, 0.3) is 0 Å². The molecule has 1 heterocycles. The van der Waals surface area contributed by atoms with E-state index in [2.05, 4.69) is 93.0 Å². The molecule has 1 aliphatic rings. The van der Waals surface area contributed by atoms with Gasteiger partial charge >= 0.3 is 0 Å². The maximum Gasteiger partial charge on any atom is 0.0607 e. The van der Waals surface area contributed by atoms with Gasteiger partial charge in [0.2, 0.25) is 0 Å². The zero-order valence-corrected chi connectivity index (χ0v) is 27.9. The minimum Gasteiger partial charge on any atom is -0.394 e. The normalized spacial score (nSPS) is 14.8. The summed E-state index contributed by atoms with van der Waals surface area (Å²) in [7, 11) is 0. The number of rotatable bonds is 14. The Morgan fingerprint density at radius 2 is 1.47 bits per heavy atom. The first kappa shape index (κ1) is 33.2. The van der Waals surface area contributed by atoms with E-state index in [9.17, 15) is 5.11 Å². The van der Waals surface area contributed by atoms with Crippen LogP contribution in [0, 0.1) is 26.7 Å². The lowest BCUT2D eigenvalue weighted by atomic mass is 9.88. The van der Waals surface area contributed by atoms with Gasteiger partial charge in [0.15, 0.2) is 0 Å². The van der Waals surface area contributed by atoms with Gasteiger partial charge in [0, 0.05) is 12.1 Å². The standard InChI is InChI=1S/C40H56N2O/c1-8-33-26-36(30(3)25-37(33)27-41-40(6,7)28-43)19-18-35-15-12-17-39(32(35)5)38-16-11-14-34(31(38)4)13-9-10-22-42-23-20-29(2)21-24-42/h8,11-12,14-17,25-26,29,41,43H,1,9-10,13,18-24,27-28H2,2-7H3. The van der Waals surface area contributed by atoms with Crippen LogP contribution in [0.5, 0.6) is 0 Å². The SMILES string of the molecule is C=Cc1cc(CCc2cccc(-c3cccc(CCCCN4CCC(C)CC4)c3C)c2C)c(C)cc1CNC(C)(C)CO. The summed E-state index contributed by atoms with van der Waals surface area (Å²) in [5.41, 5.74) is 13.3. The summed E-state index contributed by atoms with van der Waals surface area (Å²) >= 11 is 0.